The van der Waals surface area contributed by atoms with Gasteiger partial charge >= 0.3 is 11.9 Å². The molecule has 0 aromatic heterocycles. The van der Waals surface area contributed by atoms with E-state index in [1.165, 1.54) is 38.5 Å². The fourth-order valence-corrected chi connectivity index (χ4v) is 2.48. The Bertz CT molecular complexity index is 395. The van der Waals surface area contributed by atoms with Crippen molar-refractivity contribution in [3.63, 3.8) is 0 Å². The number of hydrogen-bond acceptors (Lipinski definition) is 5. The van der Waals surface area contributed by atoms with E-state index < -0.39 is 18.0 Å². The molecule has 0 saturated heterocycles. The number of nitrogens with one attached hydrogen (secondary N) is 2. The highest BCUT2D eigenvalue weighted by molar-refractivity contribution is 5.88. The maximum Gasteiger partial charge on any atom is 0.330 e. The van der Waals surface area contributed by atoms with Crippen LogP contribution in [-0.4, -0.2) is 30.5 Å². The molecule has 0 spiro atoms. The molecule has 0 rings (SSSR count). The largest absolute Gasteiger partial charge is 0.392 e. The van der Waals surface area contributed by atoms with E-state index in [0.29, 0.717) is 19.4 Å². The van der Waals surface area contributed by atoms with Crippen LogP contribution >= 0.6 is 12.4 Å². The second-order valence-corrected chi connectivity index (χ2v) is 6.46. The number of carbonyl (C=O) groups is 2. The van der Waals surface area contributed by atoms with Gasteiger partial charge in [-0.05, 0) is 19.3 Å². The normalized spacial score (nSPS) is 11.3. The van der Waals surface area contributed by atoms with Crippen molar-refractivity contribution in [3.8, 4) is 0 Å². The summed E-state index contributed by atoms with van der Waals surface area (Å²) in [6.45, 7) is 2.67. The molecule has 0 aliphatic heterocycles. The average molecular weight is 393 g/mol. The molecule has 6 N–H and O–H groups in total. The number of nitrogens with two attached hydrogens (primary N) is 2. The number of ether oxygens (including phenoxy) is 1. The van der Waals surface area contributed by atoms with Crippen LogP contribution in [0.25, 0.3) is 0 Å². The molecule has 154 valence electrons. The van der Waals surface area contributed by atoms with E-state index in [-0.39, 0.29) is 24.8 Å². The van der Waals surface area contributed by atoms with Gasteiger partial charge in [-0.2, -0.15) is 0 Å². The molecular weight excluding hydrogens is 356 g/mol. The Morgan fingerprint density at radius 3 is 2.08 bits per heavy atom. The first-order valence-corrected chi connectivity index (χ1v) is 9.55. The molecule has 0 amide bonds. The van der Waals surface area contributed by atoms with Gasteiger partial charge in [0.05, 0.1) is 0 Å². The molecule has 0 fully saturated rings. The van der Waals surface area contributed by atoms with Gasteiger partial charge in [-0.3, -0.25) is 10.2 Å². The maximum atomic E-state index is 11.7. The minimum absolute atomic E-state index is 0. The van der Waals surface area contributed by atoms with Gasteiger partial charge < -0.3 is 21.5 Å². The van der Waals surface area contributed by atoms with Gasteiger partial charge in [-0.1, -0.05) is 58.3 Å². The lowest BCUT2D eigenvalue weighted by molar-refractivity contribution is -0.160. The van der Waals surface area contributed by atoms with Crippen molar-refractivity contribution in [1.29, 1.82) is 5.41 Å². The number of halogens is 1. The van der Waals surface area contributed by atoms with Crippen LogP contribution in [0.5, 0.6) is 0 Å². The van der Waals surface area contributed by atoms with Crippen LogP contribution < -0.4 is 16.8 Å². The van der Waals surface area contributed by atoms with Crippen LogP contribution in [0.4, 0.5) is 0 Å². The van der Waals surface area contributed by atoms with Gasteiger partial charge in [0, 0.05) is 13.0 Å². The van der Waals surface area contributed by atoms with Crippen molar-refractivity contribution < 1.29 is 14.3 Å². The maximum absolute atomic E-state index is 11.7. The number of hydrogen-bond donors (Lipinski definition) is 4. The third-order valence-electron chi connectivity index (χ3n) is 4.01. The van der Waals surface area contributed by atoms with E-state index in [0.717, 1.165) is 19.3 Å². The highest BCUT2D eigenvalue weighted by atomic mass is 35.5. The number of rotatable bonds is 15. The monoisotopic (exact) mass is 392 g/mol. The molecular formula is C18H37ClN4O3. The van der Waals surface area contributed by atoms with Gasteiger partial charge in [0.25, 0.3) is 0 Å². The van der Waals surface area contributed by atoms with Gasteiger partial charge in [0.2, 0.25) is 0 Å². The van der Waals surface area contributed by atoms with Crippen LogP contribution in [0, 0.1) is 5.41 Å². The highest BCUT2D eigenvalue weighted by Crippen LogP contribution is 2.11. The van der Waals surface area contributed by atoms with Gasteiger partial charge in [-0.25, -0.2) is 4.79 Å². The van der Waals surface area contributed by atoms with Gasteiger partial charge in [-0.15, -0.1) is 12.4 Å². The molecule has 0 heterocycles. The predicted octanol–water partition coefficient (Wildman–Crippen LogP) is 2.99. The molecule has 8 heteroatoms. The summed E-state index contributed by atoms with van der Waals surface area (Å²) in [6, 6.07) is -0.819. The van der Waals surface area contributed by atoms with Gasteiger partial charge in [0.1, 0.15) is 6.04 Å². The van der Waals surface area contributed by atoms with Crippen molar-refractivity contribution in [3.05, 3.63) is 0 Å². The zero-order chi connectivity index (χ0) is 18.9. The first-order chi connectivity index (χ1) is 12.0. The molecule has 0 aliphatic rings. The predicted molar refractivity (Wildman–Crippen MR) is 107 cm³/mol. The minimum atomic E-state index is -0.819. The van der Waals surface area contributed by atoms with Crippen LogP contribution in [-0.2, 0) is 14.3 Å². The summed E-state index contributed by atoms with van der Waals surface area (Å²) in [5, 5.41) is 9.63. The Morgan fingerprint density at radius 2 is 1.54 bits per heavy atom. The highest BCUT2D eigenvalue weighted by Gasteiger charge is 2.18. The van der Waals surface area contributed by atoms with E-state index in [9.17, 15) is 9.59 Å². The van der Waals surface area contributed by atoms with Crippen molar-refractivity contribution in [2.75, 3.05) is 6.54 Å². The van der Waals surface area contributed by atoms with Crippen molar-refractivity contribution in [2.45, 2.75) is 90.0 Å². The molecule has 0 aliphatic carbocycles. The van der Waals surface area contributed by atoms with Crippen LogP contribution in [0.3, 0.4) is 0 Å². The molecule has 0 aromatic rings. The third-order valence-corrected chi connectivity index (χ3v) is 4.01. The summed E-state index contributed by atoms with van der Waals surface area (Å²) in [6.07, 6.45) is 11.7. The molecule has 7 nitrogen and oxygen atoms in total. The van der Waals surface area contributed by atoms with Gasteiger partial charge in [0.15, 0.2) is 5.96 Å². The molecule has 1 atom stereocenters. The lowest BCUT2D eigenvalue weighted by Crippen LogP contribution is -2.36. The first kappa shape index (κ1) is 26.9. The Kier molecular flexibility index (Phi) is 19.1. The number of carbonyl (C=O) groups excluding carboxylic acids is 2. The molecule has 0 saturated carbocycles. The molecule has 0 aromatic carbocycles. The quantitative estimate of drug-likeness (QED) is 0.111. The minimum Gasteiger partial charge on any atom is -0.392 e. The zero-order valence-electron chi connectivity index (χ0n) is 16.1. The molecule has 0 radical (unpaired) electrons. The zero-order valence-corrected chi connectivity index (χ0v) is 16.9. The van der Waals surface area contributed by atoms with Crippen LogP contribution in [0.1, 0.15) is 84.0 Å². The summed E-state index contributed by atoms with van der Waals surface area (Å²) in [5.74, 6) is -1.29. The summed E-state index contributed by atoms with van der Waals surface area (Å²) < 4.78 is 4.77. The number of guanidine groups is 1. The fraction of sp³-hybridized carbons (Fsp3) is 0.833. The van der Waals surface area contributed by atoms with Crippen LogP contribution in [0.2, 0.25) is 0 Å². The lowest BCUT2D eigenvalue weighted by atomic mass is 10.1. The van der Waals surface area contributed by atoms with Crippen molar-refractivity contribution in [2.24, 2.45) is 11.5 Å². The number of unbranched alkanes of at least 4 members (excludes halogenated alkanes) is 8. The summed E-state index contributed by atoms with van der Waals surface area (Å²) >= 11 is 0. The smallest absolute Gasteiger partial charge is 0.330 e. The van der Waals surface area contributed by atoms with Crippen molar-refractivity contribution >= 4 is 30.3 Å². The van der Waals surface area contributed by atoms with Crippen LogP contribution in [0.15, 0.2) is 0 Å². The lowest BCUT2D eigenvalue weighted by Gasteiger charge is -2.10. The molecule has 0 bridgehead atoms. The Morgan fingerprint density at radius 1 is 1.00 bits per heavy atom. The summed E-state index contributed by atoms with van der Waals surface area (Å²) in [7, 11) is 0. The Hall–Kier alpha value is -1.34. The average Bonchev–Trinajstić information content (AvgIpc) is 2.56. The van der Waals surface area contributed by atoms with E-state index in [4.69, 9.17) is 21.6 Å². The third kappa shape index (κ3) is 17.5. The fourth-order valence-electron chi connectivity index (χ4n) is 2.48. The first-order valence-electron chi connectivity index (χ1n) is 9.55. The molecule has 0 unspecified atom stereocenters. The second-order valence-electron chi connectivity index (χ2n) is 6.46. The second kappa shape index (κ2) is 18.5. The Balaban J connectivity index is 0. The van der Waals surface area contributed by atoms with E-state index in [2.05, 4.69) is 12.2 Å². The topological polar surface area (TPSA) is 131 Å². The van der Waals surface area contributed by atoms with E-state index in [1.54, 1.807) is 0 Å². The molecule has 26 heavy (non-hydrogen) atoms. The Labute approximate surface area is 163 Å². The summed E-state index contributed by atoms with van der Waals surface area (Å²) in [5.41, 5.74) is 10.8. The SMILES string of the molecule is CCCCCCCCCCCC(=O)OC(=O)[C@@H](N)CCCNC(=N)N.Cl. The summed E-state index contributed by atoms with van der Waals surface area (Å²) in [4.78, 5) is 23.3. The van der Waals surface area contributed by atoms with E-state index in [1.807, 2.05) is 0 Å². The number of esters is 2. The van der Waals surface area contributed by atoms with Crippen molar-refractivity contribution in [1.82, 2.24) is 5.32 Å². The standard InChI is InChI=1S/C18H36N4O3.ClH/c1-2-3-4-5-6-7-8-9-10-13-16(23)25-17(24)15(19)12-11-14-22-18(20)21;/h15H,2-14,19H2,1H3,(H4,20,21,22);1H/t15-;/m0./s1. The van der Waals surface area contributed by atoms with E-state index >= 15 is 0 Å².